The molecule has 3 aromatic rings. The van der Waals surface area contributed by atoms with Gasteiger partial charge in [-0.05, 0) is 66.6 Å². The molecule has 0 amide bonds. The highest BCUT2D eigenvalue weighted by molar-refractivity contribution is 6.35. The van der Waals surface area contributed by atoms with E-state index in [1.54, 1.807) is 18.3 Å². The van der Waals surface area contributed by atoms with Gasteiger partial charge in [-0.15, -0.1) is 0 Å². The maximum Gasteiger partial charge on any atom is 0.119 e. The van der Waals surface area contributed by atoms with E-state index in [2.05, 4.69) is 4.99 Å². The van der Waals surface area contributed by atoms with Crippen molar-refractivity contribution in [2.75, 3.05) is 0 Å². The van der Waals surface area contributed by atoms with Gasteiger partial charge >= 0.3 is 0 Å². The molecule has 0 aliphatic heterocycles. The molecule has 3 rings (SSSR count). The van der Waals surface area contributed by atoms with Crippen LogP contribution in [0, 0.1) is 6.92 Å². The molecule has 0 radical (unpaired) electrons. The van der Waals surface area contributed by atoms with Crippen molar-refractivity contribution in [3.05, 3.63) is 92.4 Å². The van der Waals surface area contributed by atoms with Gasteiger partial charge in [0.1, 0.15) is 12.4 Å². The summed E-state index contributed by atoms with van der Waals surface area (Å²) in [5.41, 5.74) is 3.79. The SMILES string of the molecule is Cc1ccc(Cl)cc1N=Cc1ccc(OCc2ccc(Cl)cc2Cl)cc1. The van der Waals surface area contributed by atoms with Crippen LogP contribution in [0.3, 0.4) is 0 Å². The first-order chi connectivity index (χ1) is 12.5. The lowest BCUT2D eigenvalue weighted by Gasteiger charge is -2.08. The van der Waals surface area contributed by atoms with Crippen molar-refractivity contribution < 1.29 is 4.74 Å². The molecule has 132 valence electrons. The minimum absolute atomic E-state index is 0.380. The van der Waals surface area contributed by atoms with Gasteiger partial charge < -0.3 is 4.74 Å². The minimum Gasteiger partial charge on any atom is -0.489 e. The number of ether oxygens (including phenoxy) is 1. The quantitative estimate of drug-likeness (QED) is 0.409. The van der Waals surface area contributed by atoms with Crippen molar-refractivity contribution >= 4 is 46.7 Å². The first kappa shape index (κ1) is 18.8. The lowest BCUT2D eigenvalue weighted by atomic mass is 10.2. The molecule has 0 saturated carbocycles. The fourth-order valence-corrected chi connectivity index (χ4v) is 2.95. The van der Waals surface area contributed by atoms with Crippen LogP contribution in [0.25, 0.3) is 0 Å². The maximum atomic E-state index is 6.15. The van der Waals surface area contributed by atoms with Crippen molar-refractivity contribution in [3.63, 3.8) is 0 Å². The van der Waals surface area contributed by atoms with Crippen LogP contribution in [0.15, 0.2) is 65.7 Å². The molecule has 0 aliphatic carbocycles. The summed E-state index contributed by atoms with van der Waals surface area (Å²) in [6, 6.07) is 18.7. The Morgan fingerprint density at radius 1 is 0.885 bits per heavy atom. The van der Waals surface area contributed by atoms with Gasteiger partial charge in [0.2, 0.25) is 0 Å². The predicted molar refractivity (Wildman–Crippen MR) is 111 cm³/mol. The zero-order valence-corrected chi connectivity index (χ0v) is 16.3. The van der Waals surface area contributed by atoms with Crippen LogP contribution in [-0.4, -0.2) is 6.21 Å². The van der Waals surface area contributed by atoms with Gasteiger partial charge in [0, 0.05) is 26.8 Å². The van der Waals surface area contributed by atoms with Gasteiger partial charge in [-0.3, -0.25) is 4.99 Å². The molecule has 0 bridgehead atoms. The fraction of sp³-hybridized carbons (Fsp3) is 0.0952. The first-order valence-electron chi connectivity index (χ1n) is 7.98. The van der Waals surface area contributed by atoms with Crippen LogP contribution >= 0.6 is 34.8 Å². The maximum absolute atomic E-state index is 6.15. The van der Waals surface area contributed by atoms with Crippen molar-refractivity contribution in [3.8, 4) is 5.75 Å². The summed E-state index contributed by atoms with van der Waals surface area (Å²) in [6.45, 7) is 2.38. The Morgan fingerprint density at radius 3 is 2.31 bits per heavy atom. The molecular weight excluding hydrogens is 389 g/mol. The summed E-state index contributed by atoms with van der Waals surface area (Å²) in [4.78, 5) is 4.50. The van der Waals surface area contributed by atoms with Crippen LogP contribution in [0.2, 0.25) is 15.1 Å². The summed E-state index contributed by atoms with van der Waals surface area (Å²) in [5.74, 6) is 0.757. The molecule has 0 heterocycles. The number of hydrogen-bond donors (Lipinski definition) is 0. The second-order valence-electron chi connectivity index (χ2n) is 5.78. The highest BCUT2D eigenvalue weighted by atomic mass is 35.5. The van der Waals surface area contributed by atoms with E-state index in [4.69, 9.17) is 39.5 Å². The molecule has 0 aliphatic rings. The number of aryl methyl sites for hydroxylation is 1. The van der Waals surface area contributed by atoms with E-state index in [9.17, 15) is 0 Å². The van der Waals surface area contributed by atoms with Gasteiger partial charge in [-0.2, -0.15) is 0 Å². The Balaban J connectivity index is 1.64. The zero-order valence-electron chi connectivity index (χ0n) is 14.0. The number of benzene rings is 3. The van der Waals surface area contributed by atoms with E-state index < -0.39 is 0 Å². The van der Waals surface area contributed by atoms with Gasteiger partial charge in [-0.25, -0.2) is 0 Å². The lowest BCUT2D eigenvalue weighted by Crippen LogP contribution is -1.96. The van der Waals surface area contributed by atoms with Crippen LogP contribution in [0.5, 0.6) is 5.75 Å². The minimum atomic E-state index is 0.380. The van der Waals surface area contributed by atoms with Crippen LogP contribution in [0.4, 0.5) is 5.69 Å². The summed E-state index contributed by atoms with van der Waals surface area (Å²) in [6.07, 6.45) is 1.80. The standard InChI is InChI=1S/C21H16Cl3NO/c1-14-2-6-18(23)11-21(14)25-12-15-3-8-19(9-4-15)26-13-16-5-7-17(22)10-20(16)24/h2-12H,13H2,1H3. The molecule has 26 heavy (non-hydrogen) atoms. The molecule has 0 N–H and O–H groups in total. The summed E-state index contributed by atoms with van der Waals surface area (Å²) in [5, 5.41) is 1.88. The highest BCUT2D eigenvalue weighted by Crippen LogP contribution is 2.24. The predicted octanol–water partition coefficient (Wildman–Crippen LogP) is 7.28. The van der Waals surface area contributed by atoms with Crippen molar-refractivity contribution in [1.29, 1.82) is 0 Å². The molecule has 0 spiro atoms. The van der Waals surface area contributed by atoms with E-state index >= 15 is 0 Å². The van der Waals surface area contributed by atoms with Crippen LogP contribution in [0.1, 0.15) is 16.7 Å². The topological polar surface area (TPSA) is 21.6 Å². The molecule has 0 fully saturated rings. The van der Waals surface area contributed by atoms with Crippen molar-refractivity contribution in [2.24, 2.45) is 4.99 Å². The Kier molecular flexibility index (Phi) is 6.20. The normalized spacial score (nSPS) is 11.1. The first-order valence-corrected chi connectivity index (χ1v) is 9.12. The van der Waals surface area contributed by atoms with Crippen LogP contribution in [-0.2, 0) is 6.61 Å². The van der Waals surface area contributed by atoms with Crippen molar-refractivity contribution in [1.82, 2.24) is 0 Å². The van der Waals surface area contributed by atoms with Crippen molar-refractivity contribution in [2.45, 2.75) is 13.5 Å². The zero-order chi connectivity index (χ0) is 18.5. The van der Waals surface area contributed by atoms with Gasteiger partial charge in [0.25, 0.3) is 0 Å². The highest BCUT2D eigenvalue weighted by Gasteiger charge is 2.03. The Morgan fingerprint density at radius 2 is 1.58 bits per heavy atom. The van der Waals surface area contributed by atoms with Gasteiger partial charge in [-0.1, -0.05) is 46.9 Å². The second-order valence-corrected chi connectivity index (χ2v) is 7.06. The molecule has 0 unspecified atom stereocenters. The number of hydrogen-bond acceptors (Lipinski definition) is 2. The van der Waals surface area contributed by atoms with Gasteiger partial charge in [0.05, 0.1) is 5.69 Å². The summed E-state index contributed by atoms with van der Waals surface area (Å²) < 4.78 is 5.78. The van der Waals surface area contributed by atoms with Gasteiger partial charge in [0.15, 0.2) is 0 Å². The number of halogens is 3. The molecular formula is C21H16Cl3NO. The number of rotatable bonds is 5. The Labute approximate surface area is 168 Å². The third-order valence-corrected chi connectivity index (χ3v) is 4.64. The molecule has 3 aromatic carbocycles. The molecule has 0 aromatic heterocycles. The molecule has 0 saturated heterocycles. The lowest BCUT2D eigenvalue weighted by molar-refractivity contribution is 0.306. The fourth-order valence-electron chi connectivity index (χ4n) is 2.32. The summed E-state index contributed by atoms with van der Waals surface area (Å²) in [7, 11) is 0. The summed E-state index contributed by atoms with van der Waals surface area (Å²) >= 11 is 18.1. The Hall–Kier alpha value is -2.00. The van der Waals surface area contributed by atoms with Crippen LogP contribution < -0.4 is 4.74 Å². The third kappa shape index (κ3) is 5.01. The van der Waals surface area contributed by atoms with E-state index in [0.29, 0.717) is 21.7 Å². The molecule has 5 heteroatoms. The monoisotopic (exact) mass is 403 g/mol. The average Bonchev–Trinajstić information content (AvgIpc) is 2.63. The van der Waals surface area contributed by atoms with E-state index in [1.807, 2.05) is 55.5 Å². The molecule has 0 atom stereocenters. The van der Waals surface area contributed by atoms with E-state index in [-0.39, 0.29) is 0 Å². The third-order valence-electron chi connectivity index (χ3n) is 3.81. The van der Waals surface area contributed by atoms with E-state index in [0.717, 1.165) is 28.1 Å². The molecule has 2 nitrogen and oxygen atoms in total. The average molecular weight is 405 g/mol. The number of aliphatic imine (C=N–C) groups is 1. The Bertz CT molecular complexity index is 936. The van der Waals surface area contributed by atoms with E-state index in [1.165, 1.54) is 0 Å². The number of nitrogens with zero attached hydrogens (tertiary/aromatic N) is 1. The smallest absolute Gasteiger partial charge is 0.119 e. The largest absolute Gasteiger partial charge is 0.489 e. The second kappa shape index (κ2) is 8.59.